The molecule has 2 aromatic carbocycles. The van der Waals surface area contributed by atoms with Crippen LogP contribution in [0.5, 0.6) is 0 Å². The zero-order chi connectivity index (χ0) is 21.8. The topological polar surface area (TPSA) is 60.9 Å². The molecule has 0 aliphatic carbocycles. The molecule has 2 aromatic rings. The van der Waals surface area contributed by atoms with E-state index in [0.29, 0.717) is 49.4 Å². The number of rotatable bonds is 5. The fourth-order valence-electron chi connectivity index (χ4n) is 4.16. The van der Waals surface area contributed by atoms with Crippen LogP contribution in [0.15, 0.2) is 53.0 Å². The molecule has 0 radical (unpaired) electrons. The average molecular weight is 484 g/mol. The monoisotopic (exact) mass is 483 g/mol. The van der Waals surface area contributed by atoms with Crippen LogP contribution in [0.4, 0.5) is 0 Å². The van der Waals surface area contributed by atoms with Crippen LogP contribution in [0.1, 0.15) is 39.1 Å². The number of carbonyl (C=O) groups excluding carboxylic acids is 3. The summed E-state index contributed by atoms with van der Waals surface area (Å²) in [4.78, 5) is 44.5. The summed E-state index contributed by atoms with van der Waals surface area (Å²) in [5.74, 6) is -0.111. The van der Waals surface area contributed by atoms with Gasteiger partial charge in [0.2, 0.25) is 5.91 Å². The number of halogens is 1. The van der Waals surface area contributed by atoms with Gasteiger partial charge in [-0.3, -0.25) is 19.3 Å². The summed E-state index contributed by atoms with van der Waals surface area (Å²) in [7, 11) is 0. The van der Waals surface area contributed by atoms with Crippen LogP contribution < -0.4 is 0 Å². The highest BCUT2D eigenvalue weighted by molar-refractivity contribution is 9.10. The minimum absolute atomic E-state index is 0.133. The third-order valence-electron chi connectivity index (χ3n) is 5.99. The number of hydrogen-bond donors (Lipinski definition) is 0. The van der Waals surface area contributed by atoms with E-state index in [4.69, 9.17) is 0 Å². The van der Waals surface area contributed by atoms with E-state index < -0.39 is 0 Å². The van der Waals surface area contributed by atoms with E-state index in [1.54, 1.807) is 41.3 Å². The Morgan fingerprint density at radius 1 is 0.742 bits per heavy atom. The smallest absolute Gasteiger partial charge is 0.254 e. The first-order valence-corrected chi connectivity index (χ1v) is 11.5. The van der Waals surface area contributed by atoms with Gasteiger partial charge in [-0.2, -0.15) is 0 Å². The second kappa shape index (κ2) is 9.75. The molecule has 0 saturated carbocycles. The summed E-state index contributed by atoms with van der Waals surface area (Å²) >= 11 is 3.38. The molecule has 0 atom stereocenters. The Hall–Kier alpha value is -2.51. The molecular weight excluding hydrogens is 458 g/mol. The first-order chi connectivity index (χ1) is 15.0. The second-order valence-electron chi connectivity index (χ2n) is 8.04. The molecule has 2 heterocycles. The van der Waals surface area contributed by atoms with Crippen LogP contribution in [0.2, 0.25) is 0 Å². The van der Waals surface area contributed by atoms with Gasteiger partial charge < -0.3 is 9.80 Å². The van der Waals surface area contributed by atoms with Crippen molar-refractivity contribution in [3.8, 4) is 0 Å². The zero-order valence-electron chi connectivity index (χ0n) is 17.4. The third-order valence-corrected chi connectivity index (χ3v) is 6.51. The van der Waals surface area contributed by atoms with Gasteiger partial charge in [-0.05, 0) is 43.2 Å². The van der Waals surface area contributed by atoms with Crippen molar-refractivity contribution in [2.45, 2.75) is 12.8 Å². The molecule has 7 heteroatoms. The van der Waals surface area contributed by atoms with Crippen LogP contribution in [0.3, 0.4) is 0 Å². The van der Waals surface area contributed by atoms with E-state index in [9.17, 15) is 14.4 Å². The molecule has 2 fully saturated rings. The number of amides is 2. The van der Waals surface area contributed by atoms with Gasteiger partial charge in [-0.15, -0.1) is 0 Å². The van der Waals surface area contributed by atoms with Gasteiger partial charge in [0, 0.05) is 54.9 Å². The first kappa shape index (κ1) is 21.7. The van der Waals surface area contributed by atoms with Gasteiger partial charge in [0.05, 0.1) is 12.1 Å². The van der Waals surface area contributed by atoms with Crippen LogP contribution in [0, 0.1) is 0 Å². The summed E-state index contributed by atoms with van der Waals surface area (Å²) in [5.41, 5.74) is 1.40. The lowest BCUT2D eigenvalue weighted by molar-refractivity contribution is -0.131. The molecule has 6 nitrogen and oxygen atoms in total. The van der Waals surface area contributed by atoms with E-state index in [2.05, 4.69) is 20.8 Å². The molecule has 0 spiro atoms. The van der Waals surface area contributed by atoms with E-state index in [-0.39, 0.29) is 17.6 Å². The molecule has 0 bridgehead atoms. The summed E-state index contributed by atoms with van der Waals surface area (Å²) in [5, 5.41) is 0. The lowest BCUT2D eigenvalue weighted by Gasteiger charge is -2.35. The molecule has 2 aliphatic heterocycles. The maximum atomic E-state index is 13.2. The molecule has 0 N–H and O–H groups in total. The predicted octanol–water partition coefficient (Wildman–Crippen LogP) is 3.06. The molecular formula is C24H26BrN3O3. The Balaban J connectivity index is 1.41. The SMILES string of the molecule is O=C(c1ccc(Br)cc1)c1ccccc1C(=O)N1CCN(CC(=O)N2CCCC2)CC1. The number of hydrogen-bond acceptors (Lipinski definition) is 4. The van der Waals surface area contributed by atoms with Crippen LogP contribution in [-0.4, -0.2) is 78.1 Å². The van der Waals surface area contributed by atoms with Crippen molar-refractivity contribution in [1.82, 2.24) is 14.7 Å². The number of piperazine rings is 1. The lowest BCUT2D eigenvalue weighted by atomic mass is 9.97. The van der Waals surface area contributed by atoms with Crippen molar-refractivity contribution in [3.63, 3.8) is 0 Å². The van der Waals surface area contributed by atoms with Crippen molar-refractivity contribution in [1.29, 1.82) is 0 Å². The Bertz CT molecular complexity index is 962. The highest BCUT2D eigenvalue weighted by atomic mass is 79.9. The molecule has 0 unspecified atom stereocenters. The van der Waals surface area contributed by atoms with E-state index in [1.807, 2.05) is 17.0 Å². The molecule has 2 amide bonds. The number of ketones is 1. The molecule has 162 valence electrons. The number of likely N-dealkylation sites (tertiary alicyclic amines) is 1. The zero-order valence-corrected chi connectivity index (χ0v) is 19.0. The fourth-order valence-corrected chi connectivity index (χ4v) is 4.43. The second-order valence-corrected chi connectivity index (χ2v) is 8.95. The standard InChI is InChI=1S/C24H26BrN3O3/c25-19-9-7-18(8-10-19)23(30)20-5-1-2-6-21(20)24(31)28-15-13-26(14-16-28)17-22(29)27-11-3-4-12-27/h1-2,5-10H,3-4,11-17H2. The van der Waals surface area contributed by atoms with Crippen molar-refractivity contribution in [3.05, 3.63) is 69.7 Å². The van der Waals surface area contributed by atoms with E-state index in [0.717, 1.165) is 30.4 Å². The number of nitrogens with zero attached hydrogens (tertiary/aromatic N) is 3. The predicted molar refractivity (Wildman–Crippen MR) is 122 cm³/mol. The van der Waals surface area contributed by atoms with Crippen molar-refractivity contribution < 1.29 is 14.4 Å². The molecule has 2 aliphatic rings. The van der Waals surface area contributed by atoms with Crippen LogP contribution in [0.25, 0.3) is 0 Å². The van der Waals surface area contributed by atoms with Crippen molar-refractivity contribution >= 4 is 33.5 Å². The molecule has 4 rings (SSSR count). The third kappa shape index (κ3) is 5.05. The Kier molecular flexibility index (Phi) is 6.83. The minimum atomic E-state index is -0.161. The molecule has 0 aromatic heterocycles. The van der Waals surface area contributed by atoms with Gasteiger partial charge in [-0.25, -0.2) is 0 Å². The van der Waals surface area contributed by atoms with Crippen LogP contribution >= 0.6 is 15.9 Å². The van der Waals surface area contributed by atoms with E-state index >= 15 is 0 Å². The van der Waals surface area contributed by atoms with E-state index in [1.165, 1.54) is 0 Å². The maximum Gasteiger partial charge on any atom is 0.254 e. The quantitative estimate of drug-likeness (QED) is 0.613. The van der Waals surface area contributed by atoms with Crippen molar-refractivity contribution in [2.24, 2.45) is 0 Å². The normalized spacial score (nSPS) is 17.1. The average Bonchev–Trinajstić information content (AvgIpc) is 3.34. The van der Waals surface area contributed by atoms with Gasteiger partial charge in [0.1, 0.15) is 0 Å². The minimum Gasteiger partial charge on any atom is -0.342 e. The highest BCUT2D eigenvalue weighted by Gasteiger charge is 2.27. The van der Waals surface area contributed by atoms with Crippen LogP contribution in [-0.2, 0) is 4.79 Å². The molecule has 2 saturated heterocycles. The Morgan fingerprint density at radius 2 is 1.35 bits per heavy atom. The summed E-state index contributed by atoms with van der Waals surface area (Å²) in [6, 6.07) is 14.1. The Labute approximate surface area is 190 Å². The van der Waals surface area contributed by atoms with Gasteiger partial charge in [0.15, 0.2) is 5.78 Å². The Morgan fingerprint density at radius 3 is 2.00 bits per heavy atom. The lowest BCUT2D eigenvalue weighted by Crippen LogP contribution is -2.51. The molecule has 31 heavy (non-hydrogen) atoms. The maximum absolute atomic E-state index is 13.2. The number of benzene rings is 2. The van der Waals surface area contributed by atoms with Crippen molar-refractivity contribution in [2.75, 3.05) is 45.8 Å². The first-order valence-electron chi connectivity index (χ1n) is 10.7. The number of carbonyl (C=O) groups is 3. The summed E-state index contributed by atoms with van der Waals surface area (Å²) in [6.07, 6.45) is 2.18. The fraction of sp³-hybridized carbons (Fsp3) is 0.375. The summed E-state index contributed by atoms with van der Waals surface area (Å²) in [6.45, 7) is 4.56. The van der Waals surface area contributed by atoms with Gasteiger partial charge in [0.25, 0.3) is 5.91 Å². The summed E-state index contributed by atoms with van der Waals surface area (Å²) < 4.78 is 0.898. The van der Waals surface area contributed by atoms with Gasteiger partial charge in [-0.1, -0.05) is 34.1 Å². The largest absolute Gasteiger partial charge is 0.342 e. The van der Waals surface area contributed by atoms with Gasteiger partial charge >= 0.3 is 0 Å². The highest BCUT2D eigenvalue weighted by Crippen LogP contribution is 2.19.